The predicted octanol–water partition coefficient (Wildman–Crippen LogP) is -0.510. The summed E-state index contributed by atoms with van der Waals surface area (Å²) in [7, 11) is 0. The number of hydrogen-bond donors (Lipinski definition) is 2. The lowest BCUT2D eigenvalue weighted by Gasteiger charge is -2.36. The zero-order valence-electron chi connectivity index (χ0n) is 11.6. The van der Waals surface area contributed by atoms with Gasteiger partial charge in [0, 0.05) is 26.2 Å². The third kappa shape index (κ3) is 3.25. The van der Waals surface area contributed by atoms with Gasteiger partial charge in [0.05, 0.1) is 6.10 Å². The minimum absolute atomic E-state index is 0.0397. The average molecular weight is 269 g/mol. The van der Waals surface area contributed by atoms with E-state index in [0.717, 1.165) is 19.4 Å². The highest BCUT2D eigenvalue weighted by Crippen LogP contribution is 2.22. The summed E-state index contributed by atoms with van der Waals surface area (Å²) in [4.78, 5) is 26.1. The number of nitrogens with zero attached hydrogens (tertiary/aromatic N) is 1. The lowest BCUT2D eigenvalue weighted by molar-refractivity contribution is -0.150. The van der Waals surface area contributed by atoms with Crippen LogP contribution in [0.25, 0.3) is 0 Å². The van der Waals surface area contributed by atoms with Crippen LogP contribution in [-0.4, -0.2) is 61.1 Å². The summed E-state index contributed by atoms with van der Waals surface area (Å²) in [6.07, 6.45) is 1.44. The van der Waals surface area contributed by atoms with Crippen molar-refractivity contribution in [2.45, 2.75) is 44.9 Å². The third-order valence-electron chi connectivity index (χ3n) is 3.69. The summed E-state index contributed by atoms with van der Waals surface area (Å²) in [5.74, 6) is -0.129. The van der Waals surface area contributed by atoms with Gasteiger partial charge in [0.2, 0.25) is 5.91 Å². The van der Waals surface area contributed by atoms with E-state index in [2.05, 4.69) is 10.6 Å². The average Bonchev–Trinajstić information content (AvgIpc) is 2.85. The molecule has 0 saturated carbocycles. The molecule has 2 N–H and O–H groups in total. The molecule has 2 saturated heterocycles. The van der Waals surface area contributed by atoms with Crippen molar-refractivity contribution in [3.8, 4) is 0 Å². The molecule has 2 heterocycles. The molecule has 3 atom stereocenters. The smallest absolute Gasteiger partial charge is 0.252 e. The van der Waals surface area contributed by atoms with Gasteiger partial charge in [-0.05, 0) is 26.7 Å². The molecule has 6 nitrogen and oxygen atoms in total. The number of carbonyl (C=O) groups excluding carboxylic acids is 2. The fraction of sp³-hybridized carbons (Fsp3) is 0.846. The van der Waals surface area contributed by atoms with Crippen LogP contribution in [-0.2, 0) is 14.3 Å². The van der Waals surface area contributed by atoms with E-state index in [1.165, 1.54) is 0 Å². The Morgan fingerprint density at radius 1 is 1.42 bits per heavy atom. The monoisotopic (exact) mass is 269 g/mol. The number of hydrogen-bond acceptors (Lipinski definition) is 4. The van der Waals surface area contributed by atoms with Crippen molar-refractivity contribution in [2.24, 2.45) is 0 Å². The molecule has 0 bridgehead atoms. The molecular formula is C13H23N3O3. The van der Waals surface area contributed by atoms with Gasteiger partial charge in [-0.3, -0.25) is 9.59 Å². The van der Waals surface area contributed by atoms with Crippen LogP contribution in [0.2, 0.25) is 0 Å². The number of rotatable bonds is 3. The minimum atomic E-state index is -0.416. The van der Waals surface area contributed by atoms with Gasteiger partial charge in [0.1, 0.15) is 12.1 Å². The van der Waals surface area contributed by atoms with Crippen LogP contribution in [0.3, 0.4) is 0 Å². The Balaban J connectivity index is 2.02. The van der Waals surface area contributed by atoms with Gasteiger partial charge in [-0.1, -0.05) is 0 Å². The fourth-order valence-electron chi connectivity index (χ4n) is 2.66. The van der Waals surface area contributed by atoms with Crippen LogP contribution < -0.4 is 10.6 Å². The number of nitrogens with one attached hydrogen (secondary N) is 2. The van der Waals surface area contributed by atoms with Crippen molar-refractivity contribution in [1.82, 2.24) is 15.5 Å². The number of carbonyl (C=O) groups is 2. The number of piperazine rings is 1. The van der Waals surface area contributed by atoms with E-state index in [1.807, 2.05) is 13.8 Å². The first-order valence-corrected chi connectivity index (χ1v) is 7.07. The number of amides is 2. The summed E-state index contributed by atoms with van der Waals surface area (Å²) in [6, 6.07) is -0.416. The van der Waals surface area contributed by atoms with E-state index in [9.17, 15) is 9.59 Å². The van der Waals surface area contributed by atoms with Crippen LogP contribution in [0.4, 0.5) is 0 Å². The summed E-state index contributed by atoms with van der Waals surface area (Å²) in [5, 5.41) is 5.95. The maximum atomic E-state index is 12.5. The Hall–Kier alpha value is -1.14. The largest absolute Gasteiger partial charge is 0.365 e. The standard InChI is InChI=1S/C13H23N3O3/c1-3-15-12(17)10-8-14-6-7-16(10)13(18)11-5-4-9(2)19-11/h9-11,14H,3-8H2,1-2H3,(H,15,17). The second kappa shape index (κ2) is 6.34. The van der Waals surface area contributed by atoms with E-state index in [1.54, 1.807) is 4.90 Å². The van der Waals surface area contributed by atoms with E-state index in [4.69, 9.17) is 4.74 Å². The van der Waals surface area contributed by atoms with Crippen molar-refractivity contribution in [3.05, 3.63) is 0 Å². The second-order valence-electron chi connectivity index (χ2n) is 5.16. The van der Waals surface area contributed by atoms with E-state index in [0.29, 0.717) is 19.6 Å². The molecule has 108 valence electrons. The Labute approximate surface area is 113 Å². The van der Waals surface area contributed by atoms with Gasteiger partial charge in [0.15, 0.2) is 0 Å². The molecule has 0 aliphatic carbocycles. The van der Waals surface area contributed by atoms with Gasteiger partial charge in [-0.25, -0.2) is 0 Å². The van der Waals surface area contributed by atoms with Gasteiger partial charge >= 0.3 is 0 Å². The quantitative estimate of drug-likeness (QED) is 0.724. The van der Waals surface area contributed by atoms with Crippen LogP contribution in [0.15, 0.2) is 0 Å². The van der Waals surface area contributed by atoms with Crippen molar-refractivity contribution in [2.75, 3.05) is 26.2 Å². The van der Waals surface area contributed by atoms with Crippen molar-refractivity contribution >= 4 is 11.8 Å². The highest BCUT2D eigenvalue weighted by molar-refractivity contribution is 5.90. The molecule has 2 fully saturated rings. The molecule has 19 heavy (non-hydrogen) atoms. The zero-order chi connectivity index (χ0) is 13.8. The summed E-state index contributed by atoms with van der Waals surface area (Å²) < 4.78 is 5.62. The van der Waals surface area contributed by atoms with Crippen LogP contribution in [0, 0.1) is 0 Å². The lowest BCUT2D eigenvalue weighted by Crippen LogP contribution is -2.61. The minimum Gasteiger partial charge on any atom is -0.365 e. The van der Waals surface area contributed by atoms with Gasteiger partial charge in [-0.2, -0.15) is 0 Å². The van der Waals surface area contributed by atoms with Gasteiger partial charge in [0.25, 0.3) is 5.91 Å². The maximum absolute atomic E-state index is 12.5. The summed E-state index contributed by atoms with van der Waals surface area (Å²) in [5.41, 5.74) is 0. The summed E-state index contributed by atoms with van der Waals surface area (Å²) in [6.45, 7) is 6.24. The molecular weight excluding hydrogens is 246 g/mol. The fourth-order valence-corrected chi connectivity index (χ4v) is 2.66. The van der Waals surface area contributed by atoms with Crippen molar-refractivity contribution in [1.29, 1.82) is 0 Å². The van der Waals surface area contributed by atoms with E-state index >= 15 is 0 Å². The van der Waals surface area contributed by atoms with Gasteiger partial charge < -0.3 is 20.3 Å². The predicted molar refractivity (Wildman–Crippen MR) is 70.6 cm³/mol. The van der Waals surface area contributed by atoms with Crippen molar-refractivity contribution in [3.63, 3.8) is 0 Å². The Bertz CT molecular complexity index is 348. The normalized spacial score (nSPS) is 31.3. The number of likely N-dealkylation sites (N-methyl/N-ethyl adjacent to an activating group) is 1. The van der Waals surface area contributed by atoms with Gasteiger partial charge in [-0.15, -0.1) is 0 Å². The van der Waals surface area contributed by atoms with Crippen LogP contribution in [0.5, 0.6) is 0 Å². The molecule has 0 aromatic carbocycles. The molecule has 0 spiro atoms. The molecule has 2 aliphatic heterocycles. The maximum Gasteiger partial charge on any atom is 0.252 e. The van der Waals surface area contributed by atoms with Crippen LogP contribution in [0.1, 0.15) is 26.7 Å². The molecule has 3 unspecified atom stereocenters. The zero-order valence-corrected chi connectivity index (χ0v) is 11.6. The first-order chi connectivity index (χ1) is 9.13. The second-order valence-corrected chi connectivity index (χ2v) is 5.16. The molecule has 6 heteroatoms. The summed E-state index contributed by atoms with van der Waals surface area (Å²) >= 11 is 0. The first kappa shape index (κ1) is 14.3. The first-order valence-electron chi connectivity index (χ1n) is 7.07. The Morgan fingerprint density at radius 3 is 2.84 bits per heavy atom. The topological polar surface area (TPSA) is 70.7 Å². The Morgan fingerprint density at radius 2 is 2.21 bits per heavy atom. The Kier molecular flexibility index (Phi) is 4.76. The third-order valence-corrected chi connectivity index (χ3v) is 3.69. The molecule has 0 aromatic heterocycles. The molecule has 0 aromatic rings. The lowest BCUT2D eigenvalue weighted by atomic mass is 10.1. The molecule has 2 amide bonds. The van der Waals surface area contributed by atoms with Crippen LogP contribution >= 0.6 is 0 Å². The highest BCUT2D eigenvalue weighted by atomic mass is 16.5. The molecule has 2 rings (SSSR count). The van der Waals surface area contributed by atoms with Crippen molar-refractivity contribution < 1.29 is 14.3 Å². The molecule has 2 aliphatic rings. The highest BCUT2D eigenvalue weighted by Gasteiger charge is 2.38. The van der Waals surface area contributed by atoms with E-state index < -0.39 is 6.04 Å². The number of ether oxygens (including phenoxy) is 1. The van der Waals surface area contributed by atoms with E-state index in [-0.39, 0.29) is 24.0 Å². The SMILES string of the molecule is CCNC(=O)C1CNCCN1C(=O)C1CCC(C)O1. The molecule has 0 radical (unpaired) electrons.